The molecule has 2 aromatic rings. The van der Waals surface area contributed by atoms with Crippen molar-refractivity contribution in [3.63, 3.8) is 0 Å². The molecule has 0 aliphatic rings. The Hall–Kier alpha value is -1.62. The van der Waals surface area contributed by atoms with Gasteiger partial charge >= 0.3 is 0 Å². The molecule has 0 saturated heterocycles. The van der Waals surface area contributed by atoms with Gasteiger partial charge in [-0.3, -0.25) is 4.90 Å². The van der Waals surface area contributed by atoms with E-state index in [1.165, 1.54) is 11.1 Å². The van der Waals surface area contributed by atoms with Crippen molar-refractivity contribution in [2.75, 3.05) is 19.7 Å². The van der Waals surface area contributed by atoms with Crippen LogP contribution in [0, 0.1) is 12.8 Å². The Bertz CT molecular complexity index is 580. The Labute approximate surface area is 145 Å². The Morgan fingerprint density at radius 3 is 2.67 bits per heavy atom. The standard InChI is InChI=1S/C20H29NO3/c1-16(2)11-21(12-18-7-4-6-17(3)10-18)13-19(22)14-23-15-20-8-5-9-24-20/h4-10,16,19,22H,11-15H2,1-3H3/t19-/m0/s1. The molecule has 0 spiro atoms. The number of aliphatic hydroxyl groups is 1. The predicted octanol–water partition coefficient (Wildman–Crippen LogP) is 3.62. The number of hydrogen-bond acceptors (Lipinski definition) is 4. The topological polar surface area (TPSA) is 45.8 Å². The van der Waals surface area contributed by atoms with Crippen molar-refractivity contribution in [3.8, 4) is 0 Å². The second-order valence-corrected chi connectivity index (χ2v) is 6.83. The molecule has 2 rings (SSSR count). The number of furan rings is 1. The van der Waals surface area contributed by atoms with Gasteiger partial charge in [0, 0.05) is 19.6 Å². The number of aliphatic hydroxyl groups excluding tert-OH is 1. The molecule has 1 atom stereocenters. The third-order valence-corrected chi connectivity index (χ3v) is 3.72. The van der Waals surface area contributed by atoms with E-state index in [9.17, 15) is 5.11 Å². The van der Waals surface area contributed by atoms with Gasteiger partial charge in [0.1, 0.15) is 12.4 Å². The Morgan fingerprint density at radius 2 is 2.00 bits per heavy atom. The molecular formula is C20H29NO3. The van der Waals surface area contributed by atoms with Crippen molar-refractivity contribution in [2.24, 2.45) is 5.92 Å². The van der Waals surface area contributed by atoms with Crippen molar-refractivity contribution in [1.29, 1.82) is 0 Å². The number of rotatable bonds is 10. The van der Waals surface area contributed by atoms with Gasteiger partial charge in [0.2, 0.25) is 0 Å². The summed E-state index contributed by atoms with van der Waals surface area (Å²) >= 11 is 0. The van der Waals surface area contributed by atoms with Crippen LogP contribution in [0.1, 0.15) is 30.7 Å². The zero-order valence-corrected chi connectivity index (χ0v) is 14.9. The summed E-state index contributed by atoms with van der Waals surface area (Å²) < 4.78 is 10.8. The second kappa shape index (κ2) is 9.62. The van der Waals surface area contributed by atoms with Crippen LogP contribution in [0.3, 0.4) is 0 Å². The first-order valence-corrected chi connectivity index (χ1v) is 8.59. The SMILES string of the molecule is Cc1cccc(CN(CC(C)C)C[C@H](O)COCc2ccco2)c1. The second-order valence-electron chi connectivity index (χ2n) is 6.83. The molecule has 0 bridgehead atoms. The number of benzene rings is 1. The summed E-state index contributed by atoms with van der Waals surface area (Å²) in [6.07, 6.45) is 1.12. The first-order valence-electron chi connectivity index (χ1n) is 8.59. The lowest BCUT2D eigenvalue weighted by Crippen LogP contribution is -2.36. The van der Waals surface area contributed by atoms with Gasteiger partial charge in [-0.05, 0) is 30.5 Å². The molecule has 1 N–H and O–H groups in total. The van der Waals surface area contributed by atoms with Crippen molar-refractivity contribution in [3.05, 3.63) is 59.5 Å². The third-order valence-electron chi connectivity index (χ3n) is 3.72. The van der Waals surface area contributed by atoms with Gasteiger partial charge in [-0.1, -0.05) is 43.7 Å². The Kier molecular flexibility index (Phi) is 7.50. The lowest BCUT2D eigenvalue weighted by Gasteiger charge is -2.27. The number of nitrogens with zero attached hydrogens (tertiary/aromatic N) is 1. The van der Waals surface area contributed by atoms with Crippen molar-refractivity contribution < 1.29 is 14.3 Å². The van der Waals surface area contributed by atoms with E-state index in [4.69, 9.17) is 9.15 Å². The fourth-order valence-electron chi connectivity index (χ4n) is 2.83. The van der Waals surface area contributed by atoms with Crippen LogP contribution < -0.4 is 0 Å². The fourth-order valence-corrected chi connectivity index (χ4v) is 2.83. The van der Waals surface area contributed by atoms with Crippen LogP contribution in [0.4, 0.5) is 0 Å². The minimum Gasteiger partial charge on any atom is -0.467 e. The van der Waals surface area contributed by atoms with E-state index in [-0.39, 0.29) is 0 Å². The molecule has 132 valence electrons. The molecule has 1 aromatic heterocycles. The van der Waals surface area contributed by atoms with Crippen LogP contribution in [-0.2, 0) is 17.9 Å². The minimum absolute atomic E-state index is 0.309. The molecule has 1 heterocycles. The molecule has 24 heavy (non-hydrogen) atoms. The van der Waals surface area contributed by atoms with Gasteiger partial charge in [-0.2, -0.15) is 0 Å². The van der Waals surface area contributed by atoms with Gasteiger partial charge in [-0.25, -0.2) is 0 Å². The zero-order chi connectivity index (χ0) is 17.4. The summed E-state index contributed by atoms with van der Waals surface area (Å²) in [4.78, 5) is 2.29. The summed E-state index contributed by atoms with van der Waals surface area (Å²) in [5.41, 5.74) is 2.54. The molecule has 0 unspecified atom stereocenters. The summed E-state index contributed by atoms with van der Waals surface area (Å²) in [5.74, 6) is 1.33. The molecule has 0 radical (unpaired) electrons. The Morgan fingerprint density at radius 1 is 1.17 bits per heavy atom. The van der Waals surface area contributed by atoms with E-state index >= 15 is 0 Å². The highest BCUT2D eigenvalue weighted by atomic mass is 16.5. The Balaban J connectivity index is 1.82. The largest absolute Gasteiger partial charge is 0.467 e. The molecule has 4 nitrogen and oxygen atoms in total. The van der Waals surface area contributed by atoms with Crippen LogP contribution in [0.15, 0.2) is 47.1 Å². The molecule has 0 saturated carbocycles. The number of aryl methyl sites for hydroxylation is 1. The van der Waals surface area contributed by atoms with Gasteiger partial charge in [-0.15, -0.1) is 0 Å². The van der Waals surface area contributed by atoms with Crippen LogP contribution >= 0.6 is 0 Å². The molecular weight excluding hydrogens is 302 g/mol. The average molecular weight is 331 g/mol. The highest BCUT2D eigenvalue weighted by Crippen LogP contribution is 2.11. The molecule has 1 aromatic carbocycles. The summed E-state index contributed by atoms with van der Waals surface area (Å²) in [6.45, 7) is 9.59. The van der Waals surface area contributed by atoms with Crippen LogP contribution in [0.5, 0.6) is 0 Å². The fraction of sp³-hybridized carbons (Fsp3) is 0.500. The minimum atomic E-state index is -0.511. The molecule has 0 aliphatic carbocycles. The monoisotopic (exact) mass is 331 g/mol. The highest BCUT2D eigenvalue weighted by molar-refractivity contribution is 5.22. The smallest absolute Gasteiger partial charge is 0.129 e. The zero-order valence-electron chi connectivity index (χ0n) is 14.9. The average Bonchev–Trinajstić information content (AvgIpc) is 2.99. The summed E-state index contributed by atoms with van der Waals surface area (Å²) in [6, 6.07) is 12.2. The first-order chi connectivity index (χ1) is 11.5. The lowest BCUT2D eigenvalue weighted by molar-refractivity contribution is 0.00224. The highest BCUT2D eigenvalue weighted by Gasteiger charge is 2.14. The first kappa shape index (κ1) is 18.7. The van der Waals surface area contributed by atoms with E-state index in [2.05, 4.69) is 49.9 Å². The van der Waals surface area contributed by atoms with E-state index in [0.717, 1.165) is 18.8 Å². The normalized spacial score (nSPS) is 12.9. The molecule has 0 amide bonds. The quantitative estimate of drug-likeness (QED) is 0.722. The lowest BCUT2D eigenvalue weighted by atomic mass is 10.1. The van der Waals surface area contributed by atoms with Crippen molar-refractivity contribution >= 4 is 0 Å². The van der Waals surface area contributed by atoms with E-state index in [1.54, 1.807) is 6.26 Å². The summed E-state index contributed by atoms with van der Waals surface area (Å²) in [7, 11) is 0. The van der Waals surface area contributed by atoms with Crippen LogP contribution in [0.2, 0.25) is 0 Å². The van der Waals surface area contributed by atoms with Crippen LogP contribution in [0.25, 0.3) is 0 Å². The number of hydrogen-bond donors (Lipinski definition) is 1. The van der Waals surface area contributed by atoms with Crippen molar-refractivity contribution in [1.82, 2.24) is 4.90 Å². The summed E-state index contributed by atoms with van der Waals surface area (Å²) in [5, 5.41) is 10.3. The van der Waals surface area contributed by atoms with E-state index in [0.29, 0.717) is 25.7 Å². The van der Waals surface area contributed by atoms with Crippen LogP contribution in [-0.4, -0.2) is 35.8 Å². The van der Waals surface area contributed by atoms with Crippen molar-refractivity contribution in [2.45, 2.75) is 40.0 Å². The maximum atomic E-state index is 10.3. The van der Waals surface area contributed by atoms with Gasteiger partial charge in [0.05, 0.1) is 19.0 Å². The van der Waals surface area contributed by atoms with Gasteiger partial charge in [0.15, 0.2) is 0 Å². The third kappa shape index (κ3) is 6.87. The van der Waals surface area contributed by atoms with Gasteiger partial charge in [0.25, 0.3) is 0 Å². The maximum Gasteiger partial charge on any atom is 0.129 e. The van der Waals surface area contributed by atoms with E-state index in [1.807, 2.05) is 12.1 Å². The maximum absolute atomic E-state index is 10.3. The molecule has 4 heteroatoms. The molecule has 0 fully saturated rings. The van der Waals surface area contributed by atoms with Gasteiger partial charge < -0.3 is 14.3 Å². The molecule has 0 aliphatic heterocycles. The number of ether oxygens (including phenoxy) is 1. The predicted molar refractivity (Wildman–Crippen MR) is 95.7 cm³/mol. The van der Waals surface area contributed by atoms with E-state index < -0.39 is 6.10 Å².